The van der Waals surface area contributed by atoms with Crippen LogP contribution in [0.2, 0.25) is 0 Å². The summed E-state index contributed by atoms with van der Waals surface area (Å²) in [6, 6.07) is 5.84. The van der Waals surface area contributed by atoms with Gasteiger partial charge in [-0.1, -0.05) is 6.07 Å². The van der Waals surface area contributed by atoms with Crippen molar-refractivity contribution in [1.29, 1.82) is 0 Å². The molecular weight excluding hydrogens is 254 g/mol. The lowest BCUT2D eigenvalue weighted by molar-refractivity contribution is 0.149. The molecule has 5 heteroatoms. The Morgan fingerprint density at radius 1 is 1.35 bits per heavy atom. The van der Waals surface area contributed by atoms with E-state index in [-0.39, 0.29) is 5.92 Å². The van der Waals surface area contributed by atoms with Crippen LogP contribution in [-0.2, 0) is 0 Å². The highest BCUT2D eigenvalue weighted by molar-refractivity contribution is 7.10. The molecule has 3 N–H and O–H groups in total. The summed E-state index contributed by atoms with van der Waals surface area (Å²) in [6.07, 6.45) is -0.603. The van der Waals surface area contributed by atoms with E-state index in [2.05, 4.69) is 0 Å². The molecule has 0 amide bonds. The van der Waals surface area contributed by atoms with Crippen molar-refractivity contribution in [2.24, 2.45) is 5.73 Å². The van der Waals surface area contributed by atoms with Crippen LogP contribution in [0.15, 0.2) is 29.0 Å². The number of rotatable bonds is 5. The number of hydrogen-bond donors (Lipinski definition) is 2. The van der Waals surface area contributed by atoms with Crippen molar-refractivity contribution in [3.63, 3.8) is 0 Å². The Morgan fingerprint density at radius 2 is 2.18 bits per heavy atom. The van der Waals surface area contributed by atoms with E-state index in [9.17, 15) is 5.11 Å². The first-order valence-electron chi connectivity index (χ1n) is 5.30. The standard InChI is InChI=1S/C12H15NO2S2/c1-15-9-4-6-17-12(9)11(14)8(7-13)10-3-2-5-16-10/h2-6,8,11,14H,7,13H2,1H3. The van der Waals surface area contributed by atoms with Crippen LogP contribution in [0.5, 0.6) is 5.75 Å². The van der Waals surface area contributed by atoms with Crippen molar-refractivity contribution < 1.29 is 9.84 Å². The first-order valence-corrected chi connectivity index (χ1v) is 7.06. The summed E-state index contributed by atoms with van der Waals surface area (Å²) in [5.41, 5.74) is 5.77. The van der Waals surface area contributed by atoms with Crippen LogP contribution in [0, 0.1) is 0 Å². The summed E-state index contributed by atoms with van der Waals surface area (Å²) in [6.45, 7) is 0.419. The molecule has 0 saturated carbocycles. The predicted molar refractivity (Wildman–Crippen MR) is 71.9 cm³/mol. The lowest BCUT2D eigenvalue weighted by atomic mass is 9.99. The van der Waals surface area contributed by atoms with E-state index in [1.54, 1.807) is 18.4 Å². The van der Waals surface area contributed by atoms with Gasteiger partial charge in [0, 0.05) is 17.3 Å². The van der Waals surface area contributed by atoms with Crippen LogP contribution >= 0.6 is 22.7 Å². The first kappa shape index (κ1) is 12.6. The number of thiophene rings is 2. The molecule has 2 heterocycles. The fraction of sp³-hybridized carbons (Fsp3) is 0.333. The molecular formula is C12H15NO2S2. The normalized spacial score (nSPS) is 14.5. The fourth-order valence-electron chi connectivity index (χ4n) is 1.78. The molecule has 0 radical (unpaired) electrons. The third-order valence-corrected chi connectivity index (χ3v) is 4.66. The monoisotopic (exact) mass is 269 g/mol. The lowest BCUT2D eigenvalue weighted by Crippen LogP contribution is -2.18. The fourth-order valence-corrected chi connectivity index (χ4v) is 3.56. The molecule has 0 aliphatic heterocycles. The van der Waals surface area contributed by atoms with Gasteiger partial charge in [-0.3, -0.25) is 0 Å². The molecule has 0 aromatic carbocycles. The minimum absolute atomic E-state index is 0.0671. The van der Waals surface area contributed by atoms with Crippen LogP contribution in [0.4, 0.5) is 0 Å². The number of hydrogen-bond acceptors (Lipinski definition) is 5. The van der Waals surface area contributed by atoms with Crippen molar-refractivity contribution in [2.75, 3.05) is 13.7 Å². The van der Waals surface area contributed by atoms with Gasteiger partial charge in [0.05, 0.1) is 12.0 Å². The van der Waals surface area contributed by atoms with E-state index < -0.39 is 6.10 Å². The zero-order chi connectivity index (χ0) is 12.3. The van der Waals surface area contributed by atoms with Gasteiger partial charge in [0.15, 0.2) is 0 Å². The van der Waals surface area contributed by atoms with Gasteiger partial charge in [0.1, 0.15) is 11.9 Å². The quantitative estimate of drug-likeness (QED) is 0.877. The molecule has 3 nitrogen and oxygen atoms in total. The van der Waals surface area contributed by atoms with E-state index in [1.165, 1.54) is 11.3 Å². The van der Waals surface area contributed by atoms with E-state index in [1.807, 2.05) is 29.0 Å². The highest BCUT2D eigenvalue weighted by atomic mass is 32.1. The second-order valence-corrected chi connectivity index (χ2v) is 5.58. The van der Waals surface area contributed by atoms with Crippen molar-refractivity contribution in [1.82, 2.24) is 0 Å². The van der Waals surface area contributed by atoms with Gasteiger partial charge >= 0.3 is 0 Å². The number of methoxy groups -OCH3 is 1. The molecule has 2 aromatic rings. The summed E-state index contributed by atoms with van der Waals surface area (Å²) in [5, 5.41) is 14.3. The first-order chi connectivity index (χ1) is 8.27. The number of ether oxygens (including phenoxy) is 1. The van der Waals surface area contributed by atoms with Gasteiger partial charge in [-0.05, 0) is 22.9 Å². The Kier molecular flexibility index (Phi) is 4.17. The zero-order valence-corrected chi connectivity index (χ0v) is 11.1. The smallest absolute Gasteiger partial charge is 0.135 e. The highest BCUT2D eigenvalue weighted by Gasteiger charge is 2.25. The Balaban J connectivity index is 2.26. The van der Waals surface area contributed by atoms with Crippen molar-refractivity contribution >= 4 is 22.7 Å². The minimum Gasteiger partial charge on any atom is -0.495 e. The summed E-state index contributed by atoms with van der Waals surface area (Å²) in [4.78, 5) is 1.95. The lowest BCUT2D eigenvalue weighted by Gasteiger charge is -2.20. The van der Waals surface area contributed by atoms with Gasteiger partial charge in [-0.15, -0.1) is 22.7 Å². The van der Waals surface area contributed by atoms with E-state index in [0.717, 1.165) is 15.5 Å². The summed E-state index contributed by atoms with van der Waals surface area (Å²) in [5.74, 6) is 0.667. The van der Waals surface area contributed by atoms with Gasteiger partial charge < -0.3 is 15.6 Å². The number of nitrogens with two attached hydrogens (primary N) is 1. The maximum absolute atomic E-state index is 10.4. The molecule has 2 rings (SSSR count). The average molecular weight is 269 g/mol. The second kappa shape index (κ2) is 5.64. The van der Waals surface area contributed by atoms with E-state index >= 15 is 0 Å². The molecule has 0 aliphatic rings. The Bertz CT molecular complexity index is 453. The molecule has 2 aromatic heterocycles. The van der Waals surface area contributed by atoms with Crippen molar-refractivity contribution in [3.8, 4) is 5.75 Å². The van der Waals surface area contributed by atoms with Gasteiger partial charge in [-0.25, -0.2) is 0 Å². The molecule has 2 atom stereocenters. The van der Waals surface area contributed by atoms with Gasteiger partial charge in [-0.2, -0.15) is 0 Å². The third kappa shape index (κ3) is 2.52. The SMILES string of the molecule is COc1ccsc1C(O)C(CN)c1cccs1. The molecule has 92 valence electrons. The van der Waals surface area contributed by atoms with Crippen LogP contribution in [-0.4, -0.2) is 18.8 Å². The highest BCUT2D eigenvalue weighted by Crippen LogP contribution is 2.39. The maximum atomic E-state index is 10.4. The molecule has 0 spiro atoms. The Hall–Kier alpha value is -0.880. The Labute approximate surface area is 108 Å². The van der Waals surface area contributed by atoms with Crippen LogP contribution in [0.1, 0.15) is 21.8 Å². The molecule has 17 heavy (non-hydrogen) atoms. The molecule has 0 bridgehead atoms. The minimum atomic E-state index is -0.603. The Morgan fingerprint density at radius 3 is 2.76 bits per heavy atom. The van der Waals surface area contributed by atoms with Crippen molar-refractivity contribution in [2.45, 2.75) is 12.0 Å². The van der Waals surface area contributed by atoms with Crippen LogP contribution < -0.4 is 10.5 Å². The van der Waals surface area contributed by atoms with E-state index in [4.69, 9.17) is 10.5 Å². The number of aliphatic hydroxyl groups is 1. The van der Waals surface area contributed by atoms with Crippen LogP contribution in [0.25, 0.3) is 0 Å². The molecule has 0 aliphatic carbocycles. The number of aliphatic hydroxyl groups excluding tert-OH is 1. The van der Waals surface area contributed by atoms with E-state index in [0.29, 0.717) is 6.54 Å². The summed E-state index contributed by atoms with van der Waals surface area (Å²) >= 11 is 3.12. The average Bonchev–Trinajstić information content (AvgIpc) is 3.00. The summed E-state index contributed by atoms with van der Waals surface area (Å²) < 4.78 is 5.23. The zero-order valence-electron chi connectivity index (χ0n) is 9.50. The topological polar surface area (TPSA) is 55.5 Å². The largest absolute Gasteiger partial charge is 0.495 e. The molecule has 0 saturated heterocycles. The van der Waals surface area contributed by atoms with Crippen molar-refractivity contribution in [3.05, 3.63) is 38.7 Å². The van der Waals surface area contributed by atoms with Gasteiger partial charge in [0.2, 0.25) is 0 Å². The van der Waals surface area contributed by atoms with Crippen LogP contribution in [0.3, 0.4) is 0 Å². The summed E-state index contributed by atoms with van der Waals surface area (Å²) in [7, 11) is 1.61. The van der Waals surface area contributed by atoms with Gasteiger partial charge in [0.25, 0.3) is 0 Å². The second-order valence-electron chi connectivity index (χ2n) is 3.66. The predicted octanol–water partition coefficient (Wildman–Crippen LogP) is 2.59. The maximum Gasteiger partial charge on any atom is 0.135 e. The molecule has 2 unspecified atom stereocenters. The third-order valence-electron chi connectivity index (χ3n) is 2.69. The molecule has 0 fully saturated rings.